The summed E-state index contributed by atoms with van der Waals surface area (Å²) in [6.45, 7) is 2.84. The van der Waals surface area contributed by atoms with Gasteiger partial charge in [-0.1, -0.05) is 11.6 Å². The molecule has 2 aromatic rings. The average molecular weight is 466 g/mol. The summed E-state index contributed by atoms with van der Waals surface area (Å²) in [6, 6.07) is 3.43. The molecule has 2 aliphatic rings. The highest BCUT2D eigenvalue weighted by Crippen LogP contribution is 2.42. The highest BCUT2D eigenvalue weighted by atomic mass is 35.5. The molecule has 1 saturated carbocycles. The lowest BCUT2D eigenvalue weighted by Gasteiger charge is -2.29. The number of likely N-dealkylation sites (N-methyl/N-ethyl adjacent to an activating group) is 1. The Kier molecular flexibility index (Phi) is 5.47. The maximum Gasteiger partial charge on any atom is 0.263 e. The zero-order valence-electron chi connectivity index (χ0n) is 17.6. The summed E-state index contributed by atoms with van der Waals surface area (Å²) in [5.74, 6) is -3.42. The number of aliphatic hydroxyl groups is 2. The summed E-state index contributed by atoms with van der Waals surface area (Å²) in [6.07, 6.45) is 0.162. The number of anilines is 2. The summed E-state index contributed by atoms with van der Waals surface area (Å²) in [5, 5.41) is 21.0. The molecule has 1 aromatic heterocycles. The molecule has 1 aliphatic carbocycles. The zero-order chi connectivity index (χ0) is 23.5. The predicted octanol–water partition coefficient (Wildman–Crippen LogP) is 2.69. The minimum Gasteiger partial charge on any atom is -0.387 e. The topological polar surface area (TPSA) is 94.0 Å². The second-order valence-corrected chi connectivity index (χ2v) is 8.91. The summed E-state index contributed by atoms with van der Waals surface area (Å²) >= 11 is 5.74. The first kappa shape index (κ1) is 22.6. The number of aromatic nitrogens is 1. The number of rotatable bonds is 4. The van der Waals surface area contributed by atoms with Crippen molar-refractivity contribution >= 4 is 34.9 Å². The number of amides is 2. The van der Waals surface area contributed by atoms with E-state index in [0.717, 1.165) is 41.2 Å². The van der Waals surface area contributed by atoms with Crippen LogP contribution in [0.2, 0.25) is 5.02 Å². The van der Waals surface area contributed by atoms with E-state index in [2.05, 4.69) is 4.98 Å². The lowest BCUT2D eigenvalue weighted by Crippen LogP contribution is -2.51. The third-order valence-corrected chi connectivity index (χ3v) is 6.29. The van der Waals surface area contributed by atoms with Crippen LogP contribution in [0.4, 0.5) is 20.3 Å². The molecule has 2 amide bonds. The second kappa shape index (κ2) is 7.75. The Morgan fingerprint density at radius 3 is 2.53 bits per heavy atom. The lowest BCUT2D eigenvalue weighted by atomic mass is 9.97. The molecule has 10 heteroatoms. The monoisotopic (exact) mass is 465 g/mol. The van der Waals surface area contributed by atoms with Crippen molar-refractivity contribution in [3.63, 3.8) is 0 Å². The lowest BCUT2D eigenvalue weighted by molar-refractivity contribution is -0.138. The van der Waals surface area contributed by atoms with E-state index in [9.17, 15) is 28.6 Å². The highest BCUT2D eigenvalue weighted by molar-refractivity contribution is 6.31. The molecule has 170 valence electrons. The van der Waals surface area contributed by atoms with E-state index in [1.165, 1.54) is 7.05 Å². The molecular formula is C22H22ClF2N3O4. The summed E-state index contributed by atoms with van der Waals surface area (Å²) in [5.41, 5.74) is -1.07. The number of aryl methyl sites for hydroxylation is 1. The van der Waals surface area contributed by atoms with Crippen LogP contribution >= 0.6 is 11.6 Å². The molecule has 1 saturated heterocycles. The maximum atomic E-state index is 14.4. The van der Waals surface area contributed by atoms with Gasteiger partial charge in [0.1, 0.15) is 29.6 Å². The minimum absolute atomic E-state index is 0.109. The molecule has 2 fully saturated rings. The van der Waals surface area contributed by atoms with Crippen molar-refractivity contribution in [2.24, 2.45) is 0 Å². The number of nitrogens with zero attached hydrogens (tertiary/aromatic N) is 3. The quantitative estimate of drug-likeness (QED) is 0.677. The molecule has 3 atom stereocenters. The Hall–Kier alpha value is -2.62. The van der Waals surface area contributed by atoms with Crippen molar-refractivity contribution in [3.8, 4) is 0 Å². The first-order valence-electron chi connectivity index (χ1n) is 10.1. The van der Waals surface area contributed by atoms with Crippen LogP contribution in [-0.4, -0.2) is 51.8 Å². The van der Waals surface area contributed by atoms with Gasteiger partial charge in [0.05, 0.1) is 10.7 Å². The number of pyridine rings is 1. The summed E-state index contributed by atoms with van der Waals surface area (Å²) < 4.78 is 27.9. The van der Waals surface area contributed by atoms with Crippen molar-refractivity contribution < 1.29 is 28.6 Å². The van der Waals surface area contributed by atoms with Gasteiger partial charge in [0, 0.05) is 18.8 Å². The zero-order valence-corrected chi connectivity index (χ0v) is 18.4. The van der Waals surface area contributed by atoms with E-state index in [1.54, 1.807) is 13.0 Å². The van der Waals surface area contributed by atoms with E-state index in [4.69, 9.17) is 11.6 Å². The van der Waals surface area contributed by atoms with Crippen LogP contribution in [0.25, 0.3) is 0 Å². The summed E-state index contributed by atoms with van der Waals surface area (Å²) in [7, 11) is 1.21. The van der Waals surface area contributed by atoms with E-state index < -0.39 is 46.2 Å². The predicted molar refractivity (Wildman–Crippen MR) is 114 cm³/mol. The fourth-order valence-corrected chi connectivity index (χ4v) is 4.13. The van der Waals surface area contributed by atoms with Crippen molar-refractivity contribution in [1.29, 1.82) is 0 Å². The smallest absolute Gasteiger partial charge is 0.263 e. The van der Waals surface area contributed by atoms with Gasteiger partial charge >= 0.3 is 0 Å². The van der Waals surface area contributed by atoms with Crippen LogP contribution in [-0.2, 0) is 9.59 Å². The number of benzene rings is 1. The summed E-state index contributed by atoms with van der Waals surface area (Å²) in [4.78, 5) is 32.5. The van der Waals surface area contributed by atoms with Gasteiger partial charge in [-0.3, -0.25) is 14.5 Å². The molecule has 2 N–H and O–H groups in total. The molecule has 32 heavy (non-hydrogen) atoms. The first-order valence-corrected chi connectivity index (χ1v) is 10.5. The van der Waals surface area contributed by atoms with E-state index in [-0.39, 0.29) is 11.5 Å². The fourth-order valence-electron chi connectivity index (χ4n) is 3.98. The molecule has 1 aromatic carbocycles. The number of halogens is 3. The van der Waals surface area contributed by atoms with Crippen molar-refractivity contribution in [2.45, 2.75) is 50.4 Å². The van der Waals surface area contributed by atoms with Crippen molar-refractivity contribution in [2.75, 3.05) is 16.8 Å². The van der Waals surface area contributed by atoms with E-state index >= 15 is 0 Å². The van der Waals surface area contributed by atoms with E-state index in [0.29, 0.717) is 17.7 Å². The number of carbonyl (C=O) groups excluding carboxylic acids is 2. The Balaban J connectivity index is 1.77. The highest BCUT2D eigenvalue weighted by Gasteiger charge is 2.59. The third-order valence-electron chi connectivity index (χ3n) is 6.00. The van der Waals surface area contributed by atoms with Crippen molar-refractivity contribution in [1.82, 2.24) is 4.98 Å². The Morgan fingerprint density at radius 2 is 1.91 bits per heavy atom. The average Bonchev–Trinajstić information content (AvgIpc) is 3.55. The molecule has 0 unspecified atom stereocenters. The largest absolute Gasteiger partial charge is 0.387 e. The number of hydrogen-bond acceptors (Lipinski definition) is 5. The van der Waals surface area contributed by atoms with Gasteiger partial charge < -0.3 is 15.1 Å². The van der Waals surface area contributed by atoms with Gasteiger partial charge in [0.25, 0.3) is 11.8 Å². The van der Waals surface area contributed by atoms with Crippen LogP contribution in [0, 0.1) is 18.6 Å². The maximum absolute atomic E-state index is 14.4. The van der Waals surface area contributed by atoms with Gasteiger partial charge in [-0.15, -0.1) is 0 Å². The number of hydrogen-bond donors (Lipinski definition) is 2. The van der Waals surface area contributed by atoms with Gasteiger partial charge in [-0.25, -0.2) is 13.8 Å². The molecule has 4 rings (SSSR count). The second-order valence-electron chi connectivity index (χ2n) is 8.50. The molecule has 7 nitrogen and oxygen atoms in total. The molecular weight excluding hydrogens is 444 g/mol. The Bertz CT molecular complexity index is 1120. The van der Waals surface area contributed by atoms with E-state index in [1.807, 2.05) is 6.07 Å². The number of carbonyl (C=O) groups is 2. The van der Waals surface area contributed by atoms with Gasteiger partial charge in [-0.2, -0.15) is 0 Å². The Labute approximate surface area is 188 Å². The SMILES string of the molecule is Cc1cc(C2CC2)cc(N2C(=O)[C@@](C)(O)[C@@H](O)[C@H]2C(=O)N(C)c2cc(Cl)c(F)cc2F)n1. The molecule has 0 radical (unpaired) electrons. The normalized spacial score (nSPS) is 25.4. The van der Waals surface area contributed by atoms with Crippen LogP contribution in [0.15, 0.2) is 24.3 Å². The van der Waals surface area contributed by atoms with Gasteiger partial charge in [-0.05, 0) is 56.4 Å². The van der Waals surface area contributed by atoms with Crippen LogP contribution < -0.4 is 9.80 Å². The van der Waals surface area contributed by atoms with Gasteiger partial charge in [0.2, 0.25) is 0 Å². The Morgan fingerprint density at radius 1 is 1.25 bits per heavy atom. The fraction of sp³-hybridized carbons (Fsp3) is 0.409. The standard InChI is InChI=1S/C22H22ClF2N3O4/c1-10-6-12(11-4-5-11)7-17(26-10)28-18(19(29)22(2,32)21(28)31)20(30)27(3)16-8-13(23)14(24)9-15(16)25/h6-9,11,18-19,29,32H,4-5H2,1-3H3/t18-,19-,22-/m0/s1. The van der Waals surface area contributed by atoms with Crippen LogP contribution in [0.3, 0.4) is 0 Å². The molecule has 1 aliphatic heterocycles. The van der Waals surface area contributed by atoms with Crippen LogP contribution in [0.1, 0.15) is 36.9 Å². The minimum atomic E-state index is -2.27. The van der Waals surface area contributed by atoms with Crippen molar-refractivity contribution in [3.05, 3.63) is 52.2 Å². The molecule has 0 bridgehead atoms. The third kappa shape index (κ3) is 3.64. The molecule has 2 heterocycles. The first-order chi connectivity index (χ1) is 14.9. The van der Waals surface area contributed by atoms with Crippen LogP contribution in [0.5, 0.6) is 0 Å². The van der Waals surface area contributed by atoms with Gasteiger partial charge in [0.15, 0.2) is 5.60 Å². The number of aliphatic hydroxyl groups excluding tert-OH is 1. The molecule has 0 spiro atoms.